The van der Waals surface area contributed by atoms with Crippen molar-refractivity contribution < 1.29 is 14.3 Å². The monoisotopic (exact) mass is 216 g/mol. The molecule has 0 saturated carbocycles. The maximum Gasteiger partial charge on any atom is 0.323 e. The smallest absolute Gasteiger partial charge is 0.323 e. The second kappa shape index (κ2) is 4.84. The third-order valence-corrected chi connectivity index (χ3v) is 2.67. The molecule has 1 aromatic carbocycles. The maximum absolute atomic E-state index is 11.2. The van der Waals surface area contributed by atoms with Crippen LogP contribution in [0.5, 0.6) is 0 Å². The van der Waals surface area contributed by atoms with E-state index in [9.17, 15) is 4.79 Å². The average molecular weight is 216 g/mol. The first-order valence-corrected chi connectivity index (χ1v) is 5.18. The minimum absolute atomic E-state index is 0.111. The molecule has 16 heavy (non-hydrogen) atoms. The summed E-state index contributed by atoms with van der Waals surface area (Å²) in [5, 5.41) is 0. The van der Waals surface area contributed by atoms with Crippen LogP contribution in [0.3, 0.4) is 0 Å². The van der Waals surface area contributed by atoms with Crippen LogP contribution in [0.2, 0.25) is 0 Å². The molecule has 1 aromatic rings. The predicted molar refractivity (Wildman–Crippen MR) is 58.0 cm³/mol. The molecule has 0 aliphatic carbocycles. The number of fused-ring (bicyclic) bond motifs is 1. The molecular weight excluding hydrogens is 204 g/mol. The molecule has 1 heterocycles. The number of ketones is 1. The Morgan fingerprint density at radius 3 is 3.00 bits per heavy atom. The number of hydrogen-bond acceptors (Lipinski definition) is 2. The summed E-state index contributed by atoms with van der Waals surface area (Å²) in [4.78, 5) is 13.9. The second-order valence-corrected chi connectivity index (χ2v) is 3.82. The zero-order valence-corrected chi connectivity index (χ0v) is 8.80. The highest BCUT2D eigenvalue weighted by Crippen LogP contribution is 2.21. The number of benzene rings is 1. The summed E-state index contributed by atoms with van der Waals surface area (Å²) in [7, 11) is 0. The summed E-state index contributed by atoms with van der Waals surface area (Å²) in [5.74, 6) is -0.216. The third kappa shape index (κ3) is 2.42. The van der Waals surface area contributed by atoms with Gasteiger partial charge in [-0.15, -0.1) is 0 Å². The van der Waals surface area contributed by atoms with E-state index in [1.807, 2.05) is 18.2 Å². The van der Waals surface area contributed by atoms with Gasteiger partial charge in [-0.25, -0.2) is 0 Å². The van der Waals surface area contributed by atoms with Gasteiger partial charge in [-0.3, -0.25) is 4.79 Å². The number of nitrogens with zero attached hydrogens (tertiary/aromatic N) is 2. The van der Waals surface area contributed by atoms with E-state index in [1.165, 1.54) is 11.1 Å². The van der Waals surface area contributed by atoms with Crippen LogP contribution in [0, 0.1) is 0 Å². The molecule has 0 bridgehead atoms. The third-order valence-electron chi connectivity index (χ3n) is 2.67. The van der Waals surface area contributed by atoms with Gasteiger partial charge in [0.1, 0.15) is 0 Å². The van der Waals surface area contributed by atoms with Crippen molar-refractivity contribution in [2.75, 3.05) is 0 Å². The van der Waals surface area contributed by atoms with Gasteiger partial charge in [0.05, 0.1) is 12.7 Å². The summed E-state index contributed by atoms with van der Waals surface area (Å²) in [6.45, 7) is 0.546. The topological polar surface area (TPSA) is 62.7 Å². The fourth-order valence-corrected chi connectivity index (χ4v) is 1.88. The van der Waals surface area contributed by atoms with Crippen molar-refractivity contribution in [1.82, 2.24) is 0 Å². The van der Waals surface area contributed by atoms with Crippen LogP contribution in [0.25, 0.3) is 5.53 Å². The van der Waals surface area contributed by atoms with Gasteiger partial charge in [0.15, 0.2) is 0 Å². The van der Waals surface area contributed by atoms with Gasteiger partial charge in [0.25, 0.3) is 0 Å². The van der Waals surface area contributed by atoms with Crippen LogP contribution in [-0.4, -0.2) is 22.9 Å². The highest BCUT2D eigenvalue weighted by Gasteiger charge is 2.21. The van der Waals surface area contributed by atoms with Crippen molar-refractivity contribution in [2.45, 2.75) is 25.6 Å². The Morgan fingerprint density at radius 2 is 2.25 bits per heavy atom. The van der Waals surface area contributed by atoms with Crippen LogP contribution in [-0.2, 0) is 22.6 Å². The van der Waals surface area contributed by atoms with Crippen LogP contribution < -0.4 is 0 Å². The average Bonchev–Trinajstić information content (AvgIpc) is 2.29. The van der Waals surface area contributed by atoms with Crippen molar-refractivity contribution in [3.63, 3.8) is 0 Å². The highest BCUT2D eigenvalue weighted by atomic mass is 16.5. The first kappa shape index (κ1) is 10.7. The number of rotatable bonds is 3. The molecule has 1 unspecified atom stereocenters. The van der Waals surface area contributed by atoms with Crippen LogP contribution in [0.4, 0.5) is 0 Å². The molecule has 0 saturated heterocycles. The summed E-state index contributed by atoms with van der Waals surface area (Å²) >= 11 is 0. The largest absolute Gasteiger partial charge is 0.373 e. The minimum atomic E-state index is -0.216. The molecule has 0 N–H and O–H groups in total. The van der Waals surface area contributed by atoms with E-state index < -0.39 is 0 Å². The number of carbonyl (C=O) groups is 1. The molecule has 2 rings (SSSR count). The Balaban J connectivity index is 2.03. The zero-order valence-electron chi connectivity index (χ0n) is 8.80. The number of carbonyl (C=O) groups excluding carboxylic acids is 1. The van der Waals surface area contributed by atoms with Crippen LogP contribution in [0.15, 0.2) is 24.3 Å². The maximum atomic E-state index is 11.2. The predicted octanol–water partition coefficient (Wildman–Crippen LogP) is 1.39. The lowest BCUT2D eigenvalue weighted by Gasteiger charge is -2.23. The zero-order chi connectivity index (χ0) is 11.4. The Bertz CT molecular complexity index is 450. The molecule has 0 radical (unpaired) electrons. The summed E-state index contributed by atoms with van der Waals surface area (Å²) in [6.07, 6.45) is 1.81. The minimum Gasteiger partial charge on any atom is -0.373 e. The van der Waals surface area contributed by atoms with Gasteiger partial charge < -0.3 is 10.3 Å². The summed E-state index contributed by atoms with van der Waals surface area (Å²) in [5.41, 5.74) is 10.6. The Labute approximate surface area is 93.5 Å². The second-order valence-electron chi connectivity index (χ2n) is 3.82. The molecule has 4 heteroatoms. The number of hydrogen-bond donors (Lipinski definition) is 0. The molecule has 0 fully saturated rings. The molecule has 4 nitrogen and oxygen atoms in total. The van der Waals surface area contributed by atoms with Crippen molar-refractivity contribution in [3.8, 4) is 0 Å². The van der Waals surface area contributed by atoms with E-state index in [0.717, 1.165) is 12.6 Å². The van der Waals surface area contributed by atoms with E-state index in [4.69, 9.17) is 10.3 Å². The summed E-state index contributed by atoms with van der Waals surface area (Å²) in [6, 6.07) is 8.04. The first-order chi connectivity index (χ1) is 7.79. The Kier molecular flexibility index (Phi) is 3.25. The van der Waals surface area contributed by atoms with Crippen LogP contribution >= 0.6 is 0 Å². The molecule has 82 valence electrons. The van der Waals surface area contributed by atoms with Crippen molar-refractivity contribution >= 4 is 12.0 Å². The molecule has 0 spiro atoms. The lowest BCUT2D eigenvalue weighted by atomic mass is 9.97. The van der Waals surface area contributed by atoms with Gasteiger partial charge >= 0.3 is 6.21 Å². The number of ether oxygens (including phenoxy) is 1. The van der Waals surface area contributed by atoms with E-state index in [-0.39, 0.29) is 18.3 Å². The summed E-state index contributed by atoms with van der Waals surface area (Å²) < 4.78 is 5.56. The van der Waals surface area contributed by atoms with E-state index in [0.29, 0.717) is 6.61 Å². The van der Waals surface area contributed by atoms with Crippen LogP contribution in [0.1, 0.15) is 17.5 Å². The van der Waals surface area contributed by atoms with E-state index >= 15 is 0 Å². The molecule has 0 aromatic heterocycles. The van der Waals surface area contributed by atoms with Crippen molar-refractivity contribution in [3.05, 3.63) is 40.9 Å². The molecule has 1 aliphatic heterocycles. The van der Waals surface area contributed by atoms with Gasteiger partial charge in [-0.1, -0.05) is 24.3 Å². The molecule has 1 aliphatic rings. The lowest BCUT2D eigenvalue weighted by Crippen LogP contribution is -2.25. The molecule has 0 amide bonds. The van der Waals surface area contributed by atoms with Gasteiger partial charge in [-0.2, -0.15) is 4.79 Å². The SMILES string of the molecule is [N-]=[N+]=CC(=O)CC1Cc2ccccc2CO1. The molecule has 1 atom stereocenters. The van der Waals surface area contributed by atoms with E-state index in [2.05, 4.69) is 10.9 Å². The van der Waals surface area contributed by atoms with Gasteiger partial charge in [0, 0.05) is 6.42 Å². The first-order valence-electron chi connectivity index (χ1n) is 5.18. The normalized spacial score (nSPS) is 18.4. The van der Waals surface area contributed by atoms with Gasteiger partial charge in [0.2, 0.25) is 5.78 Å². The Hall–Kier alpha value is -1.77. The van der Waals surface area contributed by atoms with Crippen molar-refractivity contribution in [1.29, 1.82) is 0 Å². The quantitative estimate of drug-likeness (QED) is 0.435. The standard InChI is InChI=1S/C12H12N2O2/c13-14-7-11(15)6-12-5-9-3-1-2-4-10(9)8-16-12/h1-4,7,12H,5-6,8H2. The Morgan fingerprint density at radius 1 is 1.50 bits per heavy atom. The van der Waals surface area contributed by atoms with Crippen molar-refractivity contribution in [2.24, 2.45) is 0 Å². The number of Topliss-reactive ketones (excluding diaryl/α,β-unsaturated/α-hetero) is 1. The lowest BCUT2D eigenvalue weighted by molar-refractivity contribution is -0.119. The van der Waals surface area contributed by atoms with E-state index in [1.54, 1.807) is 0 Å². The molecular formula is C12H12N2O2. The highest BCUT2D eigenvalue weighted by molar-refractivity contribution is 6.25. The fraction of sp³-hybridized carbons (Fsp3) is 0.333. The fourth-order valence-electron chi connectivity index (χ4n) is 1.88. The van der Waals surface area contributed by atoms with Gasteiger partial charge in [-0.05, 0) is 17.5 Å².